The predicted octanol–water partition coefficient (Wildman–Crippen LogP) is 4.36. The molecule has 2 aromatic heterocycles. The number of rotatable bonds is 6. The summed E-state index contributed by atoms with van der Waals surface area (Å²) in [5, 5.41) is 1.02. The Bertz CT molecular complexity index is 1220. The van der Waals surface area contributed by atoms with Crippen molar-refractivity contribution in [1.82, 2.24) is 19.3 Å². The van der Waals surface area contributed by atoms with Crippen molar-refractivity contribution in [3.8, 4) is 11.5 Å². The number of nitrogen functional groups attached to an aromatic ring is 1. The second kappa shape index (κ2) is 7.60. The molecule has 31 heavy (non-hydrogen) atoms. The SMILES string of the molecule is CC(C)NS(=O)(=O)c1cnc(-c2c(N)c3ccc(C4CCC4)cc3n2C2CCC2)nc1. The minimum atomic E-state index is -3.64. The van der Waals surface area contributed by atoms with E-state index >= 15 is 0 Å². The standard InChI is InChI=1S/C23H29N5O2S/c1-14(2)27-31(29,30)18-12-25-23(26-13-18)22-21(24)19-10-9-16(15-5-3-6-15)11-20(19)28(22)17-7-4-8-17/h9-15,17,27H,3-8,24H2,1-2H3. The molecule has 0 unspecified atom stereocenters. The van der Waals surface area contributed by atoms with Crippen LogP contribution in [0.15, 0.2) is 35.5 Å². The molecule has 8 heteroatoms. The van der Waals surface area contributed by atoms with E-state index in [1.807, 2.05) is 0 Å². The molecule has 3 aromatic rings. The molecule has 0 radical (unpaired) electrons. The van der Waals surface area contributed by atoms with Crippen molar-refractivity contribution in [3.63, 3.8) is 0 Å². The second-order valence-corrected chi connectivity index (χ2v) is 10.9. The number of aromatic nitrogens is 3. The third kappa shape index (κ3) is 3.51. The number of anilines is 1. The molecule has 5 rings (SSSR count). The fourth-order valence-electron chi connectivity index (χ4n) is 4.56. The van der Waals surface area contributed by atoms with Gasteiger partial charge < -0.3 is 10.3 Å². The molecule has 2 heterocycles. The van der Waals surface area contributed by atoms with Gasteiger partial charge in [-0.15, -0.1) is 0 Å². The van der Waals surface area contributed by atoms with Gasteiger partial charge in [-0.1, -0.05) is 18.6 Å². The summed E-state index contributed by atoms with van der Waals surface area (Å²) in [4.78, 5) is 8.93. The summed E-state index contributed by atoms with van der Waals surface area (Å²) in [6.07, 6.45) is 9.95. The van der Waals surface area contributed by atoms with Gasteiger partial charge in [0.2, 0.25) is 10.0 Å². The molecular weight excluding hydrogens is 410 g/mol. The highest BCUT2D eigenvalue weighted by Gasteiger charge is 2.29. The van der Waals surface area contributed by atoms with E-state index in [0.29, 0.717) is 23.5 Å². The number of hydrogen-bond acceptors (Lipinski definition) is 5. The van der Waals surface area contributed by atoms with Crippen LogP contribution >= 0.6 is 0 Å². The van der Waals surface area contributed by atoms with Crippen LogP contribution in [0.25, 0.3) is 22.4 Å². The zero-order valence-corrected chi connectivity index (χ0v) is 18.8. The molecule has 7 nitrogen and oxygen atoms in total. The molecular formula is C23H29N5O2S. The van der Waals surface area contributed by atoms with E-state index in [2.05, 4.69) is 37.5 Å². The normalized spacial score (nSPS) is 17.8. The third-order valence-corrected chi connectivity index (χ3v) is 8.24. The first-order chi connectivity index (χ1) is 14.8. The molecule has 2 fully saturated rings. The van der Waals surface area contributed by atoms with E-state index in [9.17, 15) is 8.42 Å². The fourth-order valence-corrected chi connectivity index (χ4v) is 5.70. The lowest BCUT2D eigenvalue weighted by Gasteiger charge is -2.30. The number of fused-ring (bicyclic) bond motifs is 1. The maximum atomic E-state index is 12.4. The second-order valence-electron chi connectivity index (χ2n) is 9.14. The lowest BCUT2D eigenvalue weighted by atomic mass is 9.80. The number of nitrogens with two attached hydrogens (primary N) is 1. The van der Waals surface area contributed by atoms with E-state index < -0.39 is 10.0 Å². The third-order valence-electron chi connectivity index (χ3n) is 6.63. The van der Waals surface area contributed by atoms with Gasteiger partial charge in [-0.25, -0.2) is 23.1 Å². The Morgan fingerprint density at radius 3 is 2.32 bits per heavy atom. The van der Waals surface area contributed by atoms with Crippen molar-refractivity contribution >= 4 is 26.6 Å². The van der Waals surface area contributed by atoms with Crippen molar-refractivity contribution < 1.29 is 8.42 Å². The molecule has 0 spiro atoms. The first-order valence-electron chi connectivity index (χ1n) is 11.1. The van der Waals surface area contributed by atoms with Crippen LogP contribution in [0, 0.1) is 0 Å². The van der Waals surface area contributed by atoms with Crippen molar-refractivity contribution in [2.75, 3.05) is 5.73 Å². The van der Waals surface area contributed by atoms with Crippen LogP contribution in [0.1, 0.15) is 69.9 Å². The molecule has 2 aliphatic rings. The van der Waals surface area contributed by atoms with Crippen molar-refractivity contribution in [2.45, 2.75) is 75.3 Å². The molecule has 0 aliphatic heterocycles. The molecule has 2 aliphatic carbocycles. The highest BCUT2D eigenvalue weighted by molar-refractivity contribution is 7.89. The minimum Gasteiger partial charge on any atom is -0.396 e. The highest BCUT2D eigenvalue weighted by atomic mass is 32.2. The summed E-state index contributed by atoms with van der Waals surface area (Å²) in [6, 6.07) is 6.80. The minimum absolute atomic E-state index is 0.0575. The van der Waals surface area contributed by atoms with Crippen LogP contribution in [0.5, 0.6) is 0 Å². The summed E-state index contributed by atoms with van der Waals surface area (Å²) in [6.45, 7) is 3.56. The van der Waals surface area contributed by atoms with E-state index in [1.54, 1.807) is 13.8 Å². The molecule has 0 saturated heterocycles. The first kappa shape index (κ1) is 20.5. The van der Waals surface area contributed by atoms with Crippen LogP contribution in [-0.2, 0) is 10.0 Å². The smallest absolute Gasteiger partial charge is 0.243 e. The number of nitrogens with zero attached hydrogens (tertiary/aromatic N) is 3. The zero-order valence-electron chi connectivity index (χ0n) is 18.0. The lowest BCUT2D eigenvalue weighted by Crippen LogP contribution is -2.30. The summed E-state index contributed by atoms with van der Waals surface area (Å²) in [5.41, 5.74) is 10.6. The van der Waals surface area contributed by atoms with E-state index in [4.69, 9.17) is 5.73 Å². The molecule has 2 saturated carbocycles. The van der Waals surface area contributed by atoms with Gasteiger partial charge in [0, 0.05) is 17.5 Å². The Morgan fingerprint density at radius 1 is 1.10 bits per heavy atom. The van der Waals surface area contributed by atoms with Crippen LogP contribution in [0.2, 0.25) is 0 Å². The predicted molar refractivity (Wildman–Crippen MR) is 122 cm³/mol. The molecule has 3 N–H and O–H groups in total. The maximum absolute atomic E-state index is 12.4. The van der Waals surface area contributed by atoms with Crippen molar-refractivity contribution in [3.05, 3.63) is 36.2 Å². The average Bonchev–Trinajstić information content (AvgIpc) is 2.90. The quantitative estimate of drug-likeness (QED) is 0.594. The number of benzene rings is 1. The average molecular weight is 440 g/mol. The Kier molecular flexibility index (Phi) is 5.01. The molecule has 1 aromatic carbocycles. The van der Waals surface area contributed by atoms with Gasteiger partial charge in [-0.2, -0.15) is 0 Å². The van der Waals surface area contributed by atoms with Gasteiger partial charge in [0.25, 0.3) is 0 Å². The van der Waals surface area contributed by atoms with Crippen LogP contribution < -0.4 is 10.5 Å². The van der Waals surface area contributed by atoms with E-state index in [0.717, 1.165) is 29.4 Å². The Morgan fingerprint density at radius 2 is 1.77 bits per heavy atom. The Labute approximate surface area is 183 Å². The summed E-state index contributed by atoms with van der Waals surface area (Å²) < 4.78 is 29.7. The Hall–Kier alpha value is -2.45. The molecule has 0 atom stereocenters. The molecule has 0 bridgehead atoms. The highest BCUT2D eigenvalue weighted by Crippen LogP contribution is 2.45. The fraction of sp³-hybridized carbons (Fsp3) is 0.478. The van der Waals surface area contributed by atoms with Gasteiger partial charge >= 0.3 is 0 Å². The van der Waals surface area contributed by atoms with E-state index in [1.165, 1.54) is 43.6 Å². The Balaban J connectivity index is 1.61. The van der Waals surface area contributed by atoms with Crippen LogP contribution in [0.4, 0.5) is 5.69 Å². The zero-order chi connectivity index (χ0) is 21.8. The lowest BCUT2D eigenvalue weighted by molar-refractivity contribution is 0.324. The van der Waals surface area contributed by atoms with Crippen molar-refractivity contribution in [1.29, 1.82) is 0 Å². The summed E-state index contributed by atoms with van der Waals surface area (Å²) >= 11 is 0. The van der Waals surface area contributed by atoms with Crippen LogP contribution in [-0.4, -0.2) is 29.0 Å². The van der Waals surface area contributed by atoms with E-state index in [-0.39, 0.29) is 10.9 Å². The molecule has 164 valence electrons. The topological polar surface area (TPSA) is 103 Å². The largest absolute Gasteiger partial charge is 0.396 e. The van der Waals surface area contributed by atoms with Crippen molar-refractivity contribution in [2.24, 2.45) is 0 Å². The monoisotopic (exact) mass is 439 g/mol. The van der Waals surface area contributed by atoms with Gasteiger partial charge in [-0.3, -0.25) is 0 Å². The first-order valence-corrected chi connectivity index (χ1v) is 12.6. The van der Waals surface area contributed by atoms with Gasteiger partial charge in [0.05, 0.1) is 23.6 Å². The molecule has 0 amide bonds. The number of sulfonamides is 1. The summed E-state index contributed by atoms with van der Waals surface area (Å²) in [7, 11) is -3.64. The van der Waals surface area contributed by atoms with Gasteiger partial charge in [0.1, 0.15) is 10.6 Å². The number of hydrogen-bond donors (Lipinski definition) is 2. The maximum Gasteiger partial charge on any atom is 0.243 e. The van der Waals surface area contributed by atoms with Gasteiger partial charge in [0.15, 0.2) is 5.82 Å². The van der Waals surface area contributed by atoms with Crippen LogP contribution in [0.3, 0.4) is 0 Å². The summed E-state index contributed by atoms with van der Waals surface area (Å²) in [5.74, 6) is 1.11. The van der Waals surface area contributed by atoms with Gasteiger partial charge in [-0.05, 0) is 63.5 Å². The number of nitrogens with one attached hydrogen (secondary N) is 1.